The molecule has 2 aromatic carbocycles. The average molecular weight is 384 g/mol. The van der Waals surface area contributed by atoms with Crippen molar-refractivity contribution in [3.63, 3.8) is 0 Å². The molecule has 0 aliphatic heterocycles. The first-order valence-corrected chi connectivity index (χ1v) is 7.71. The van der Waals surface area contributed by atoms with E-state index in [4.69, 9.17) is 5.84 Å². The summed E-state index contributed by atoms with van der Waals surface area (Å²) in [5.74, 6) is 5.67. The Kier molecular flexibility index (Phi) is 5.58. The van der Waals surface area contributed by atoms with Crippen molar-refractivity contribution in [1.29, 1.82) is 0 Å². The SMILES string of the molecule is NNC(Cc1ccc(Br)cc1)Cc1ccccc1Br. The molecule has 2 nitrogen and oxygen atoms in total. The van der Waals surface area contributed by atoms with Crippen molar-refractivity contribution >= 4 is 31.9 Å². The highest BCUT2D eigenvalue weighted by Crippen LogP contribution is 2.19. The second-order valence-corrected chi connectivity index (χ2v) is 6.26. The molecule has 0 saturated heterocycles. The zero-order valence-electron chi connectivity index (χ0n) is 10.4. The zero-order valence-corrected chi connectivity index (χ0v) is 13.6. The van der Waals surface area contributed by atoms with Gasteiger partial charge in [0.1, 0.15) is 0 Å². The Morgan fingerprint density at radius 3 is 2.26 bits per heavy atom. The van der Waals surface area contributed by atoms with Crippen LogP contribution in [0, 0.1) is 0 Å². The maximum atomic E-state index is 5.67. The molecule has 0 aliphatic carbocycles. The van der Waals surface area contributed by atoms with Gasteiger partial charge in [-0.1, -0.05) is 62.2 Å². The highest BCUT2D eigenvalue weighted by atomic mass is 79.9. The molecule has 0 spiro atoms. The molecular formula is C15H16Br2N2. The fraction of sp³-hybridized carbons (Fsp3) is 0.200. The van der Waals surface area contributed by atoms with Crippen LogP contribution in [-0.4, -0.2) is 6.04 Å². The van der Waals surface area contributed by atoms with Crippen LogP contribution in [0.5, 0.6) is 0 Å². The Balaban J connectivity index is 2.05. The number of halogens is 2. The minimum absolute atomic E-state index is 0.222. The second kappa shape index (κ2) is 7.20. The fourth-order valence-corrected chi connectivity index (χ4v) is 2.74. The van der Waals surface area contributed by atoms with Gasteiger partial charge in [0.15, 0.2) is 0 Å². The van der Waals surface area contributed by atoms with Gasteiger partial charge in [-0.25, -0.2) is 0 Å². The third-order valence-corrected chi connectivity index (χ3v) is 4.36. The number of hydrogen-bond acceptors (Lipinski definition) is 2. The van der Waals surface area contributed by atoms with Crippen LogP contribution in [0.15, 0.2) is 57.5 Å². The van der Waals surface area contributed by atoms with Crippen molar-refractivity contribution in [2.24, 2.45) is 5.84 Å². The Bertz CT molecular complexity index is 526. The molecule has 1 atom stereocenters. The van der Waals surface area contributed by atoms with E-state index in [0.717, 1.165) is 21.8 Å². The van der Waals surface area contributed by atoms with Crippen molar-refractivity contribution in [3.8, 4) is 0 Å². The maximum absolute atomic E-state index is 5.67. The van der Waals surface area contributed by atoms with E-state index in [1.165, 1.54) is 11.1 Å². The molecule has 0 bridgehead atoms. The van der Waals surface area contributed by atoms with Crippen LogP contribution in [0.3, 0.4) is 0 Å². The van der Waals surface area contributed by atoms with Crippen LogP contribution in [0.2, 0.25) is 0 Å². The smallest absolute Gasteiger partial charge is 0.0291 e. The number of benzene rings is 2. The van der Waals surface area contributed by atoms with E-state index in [2.05, 4.69) is 73.7 Å². The topological polar surface area (TPSA) is 38.0 Å². The van der Waals surface area contributed by atoms with Gasteiger partial charge in [0.25, 0.3) is 0 Å². The Morgan fingerprint density at radius 2 is 1.63 bits per heavy atom. The molecular weight excluding hydrogens is 368 g/mol. The predicted octanol–water partition coefficient (Wildman–Crippen LogP) is 3.83. The van der Waals surface area contributed by atoms with Crippen molar-refractivity contribution in [2.45, 2.75) is 18.9 Å². The first-order chi connectivity index (χ1) is 9.19. The molecule has 0 fully saturated rings. The molecule has 0 aromatic heterocycles. The summed E-state index contributed by atoms with van der Waals surface area (Å²) in [6.45, 7) is 0. The Morgan fingerprint density at radius 1 is 0.947 bits per heavy atom. The molecule has 0 heterocycles. The van der Waals surface area contributed by atoms with Gasteiger partial charge >= 0.3 is 0 Å². The summed E-state index contributed by atoms with van der Waals surface area (Å²) in [7, 11) is 0. The quantitative estimate of drug-likeness (QED) is 0.608. The van der Waals surface area contributed by atoms with Crippen LogP contribution < -0.4 is 11.3 Å². The first kappa shape index (κ1) is 14.7. The van der Waals surface area contributed by atoms with Crippen LogP contribution in [0.25, 0.3) is 0 Å². The monoisotopic (exact) mass is 382 g/mol. The molecule has 3 N–H and O–H groups in total. The molecule has 0 saturated carbocycles. The number of rotatable bonds is 5. The molecule has 4 heteroatoms. The standard InChI is InChI=1S/C15H16Br2N2/c16-13-7-5-11(6-8-13)9-14(19-18)10-12-3-1-2-4-15(12)17/h1-8,14,19H,9-10,18H2. The van der Waals surface area contributed by atoms with E-state index in [1.807, 2.05) is 12.1 Å². The first-order valence-electron chi connectivity index (χ1n) is 6.13. The molecule has 0 aliphatic rings. The summed E-state index contributed by atoms with van der Waals surface area (Å²) >= 11 is 7.02. The normalized spacial score (nSPS) is 12.4. The van der Waals surface area contributed by atoms with Crippen molar-refractivity contribution in [1.82, 2.24) is 5.43 Å². The minimum atomic E-state index is 0.222. The van der Waals surface area contributed by atoms with E-state index in [0.29, 0.717) is 0 Å². The van der Waals surface area contributed by atoms with Gasteiger partial charge < -0.3 is 0 Å². The third kappa shape index (κ3) is 4.42. The molecule has 2 rings (SSSR count). The largest absolute Gasteiger partial charge is 0.271 e. The van der Waals surface area contributed by atoms with Crippen molar-refractivity contribution < 1.29 is 0 Å². The van der Waals surface area contributed by atoms with Crippen molar-refractivity contribution in [2.75, 3.05) is 0 Å². The van der Waals surface area contributed by atoms with Gasteiger partial charge in [-0.05, 0) is 42.2 Å². The summed E-state index contributed by atoms with van der Waals surface area (Å²) in [4.78, 5) is 0. The molecule has 0 radical (unpaired) electrons. The molecule has 0 amide bonds. The highest BCUT2D eigenvalue weighted by Gasteiger charge is 2.10. The molecule has 2 aromatic rings. The highest BCUT2D eigenvalue weighted by molar-refractivity contribution is 9.10. The Labute approximate surface area is 130 Å². The van der Waals surface area contributed by atoms with Crippen LogP contribution >= 0.6 is 31.9 Å². The second-order valence-electron chi connectivity index (χ2n) is 4.49. The van der Waals surface area contributed by atoms with E-state index in [9.17, 15) is 0 Å². The lowest BCUT2D eigenvalue weighted by Gasteiger charge is -2.17. The summed E-state index contributed by atoms with van der Waals surface area (Å²) < 4.78 is 2.23. The fourth-order valence-electron chi connectivity index (χ4n) is 2.02. The van der Waals surface area contributed by atoms with Gasteiger partial charge in [-0.2, -0.15) is 0 Å². The van der Waals surface area contributed by atoms with Crippen molar-refractivity contribution in [3.05, 3.63) is 68.6 Å². The van der Waals surface area contributed by atoms with Gasteiger partial charge in [-0.15, -0.1) is 0 Å². The molecule has 1 unspecified atom stereocenters. The average Bonchev–Trinajstić information content (AvgIpc) is 2.43. The molecule has 19 heavy (non-hydrogen) atoms. The van der Waals surface area contributed by atoms with Gasteiger partial charge in [-0.3, -0.25) is 11.3 Å². The lowest BCUT2D eigenvalue weighted by Crippen LogP contribution is -2.38. The van der Waals surface area contributed by atoms with E-state index >= 15 is 0 Å². The molecule has 100 valence electrons. The maximum Gasteiger partial charge on any atom is 0.0291 e. The summed E-state index contributed by atoms with van der Waals surface area (Å²) in [5, 5.41) is 0. The minimum Gasteiger partial charge on any atom is -0.271 e. The lowest BCUT2D eigenvalue weighted by atomic mass is 9.99. The number of hydrazine groups is 1. The number of nitrogens with one attached hydrogen (secondary N) is 1. The van der Waals surface area contributed by atoms with Gasteiger partial charge in [0.2, 0.25) is 0 Å². The van der Waals surface area contributed by atoms with Crippen LogP contribution in [-0.2, 0) is 12.8 Å². The van der Waals surface area contributed by atoms with Crippen LogP contribution in [0.1, 0.15) is 11.1 Å². The van der Waals surface area contributed by atoms with Gasteiger partial charge in [0, 0.05) is 15.0 Å². The summed E-state index contributed by atoms with van der Waals surface area (Å²) in [6, 6.07) is 16.8. The number of hydrogen-bond donors (Lipinski definition) is 2. The van der Waals surface area contributed by atoms with E-state index in [1.54, 1.807) is 0 Å². The third-order valence-electron chi connectivity index (χ3n) is 3.06. The van der Waals surface area contributed by atoms with Gasteiger partial charge in [0.05, 0.1) is 0 Å². The Hall–Kier alpha value is -0.680. The summed E-state index contributed by atoms with van der Waals surface area (Å²) in [6.07, 6.45) is 1.80. The predicted molar refractivity (Wildman–Crippen MR) is 86.8 cm³/mol. The zero-order chi connectivity index (χ0) is 13.7. The van der Waals surface area contributed by atoms with E-state index in [-0.39, 0.29) is 6.04 Å². The summed E-state index contributed by atoms with van der Waals surface area (Å²) in [5.41, 5.74) is 5.45. The van der Waals surface area contributed by atoms with E-state index < -0.39 is 0 Å². The van der Waals surface area contributed by atoms with Crippen LogP contribution in [0.4, 0.5) is 0 Å². The number of nitrogens with two attached hydrogens (primary N) is 1. The lowest BCUT2D eigenvalue weighted by molar-refractivity contribution is 0.522.